The summed E-state index contributed by atoms with van der Waals surface area (Å²) in [5, 5.41) is 2.68. The van der Waals surface area contributed by atoms with Crippen LogP contribution in [0.15, 0.2) is 18.3 Å². The fourth-order valence-corrected chi connectivity index (χ4v) is 1.79. The summed E-state index contributed by atoms with van der Waals surface area (Å²) in [7, 11) is 1.33. The van der Waals surface area contributed by atoms with E-state index in [1.165, 1.54) is 7.11 Å². The van der Waals surface area contributed by atoms with Crippen LogP contribution in [0.1, 0.15) is 48.8 Å². The lowest BCUT2D eigenvalue weighted by atomic mass is 10.1. The Morgan fingerprint density at radius 3 is 2.61 bits per heavy atom. The number of nitrogens with zero attached hydrogens (tertiary/aromatic N) is 1. The molecule has 0 spiro atoms. The molecule has 0 saturated heterocycles. The highest BCUT2D eigenvalue weighted by Gasteiger charge is 2.15. The summed E-state index contributed by atoms with van der Waals surface area (Å²) in [4.78, 5) is 27.0. The Morgan fingerprint density at radius 2 is 2.04 bits per heavy atom. The van der Waals surface area contributed by atoms with Crippen LogP contribution in [0.2, 0.25) is 0 Å². The summed E-state index contributed by atoms with van der Waals surface area (Å²) < 4.78 is 9.79. The second kappa shape index (κ2) is 8.31. The molecule has 1 rings (SSSR count). The van der Waals surface area contributed by atoms with Crippen LogP contribution < -0.4 is 5.32 Å². The van der Waals surface area contributed by atoms with Crippen molar-refractivity contribution in [2.75, 3.05) is 13.7 Å². The molecule has 6 heteroatoms. The molecule has 0 aliphatic heterocycles. The molecule has 0 bridgehead atoms. The van der Waals surface area contributed by atoms with Crippen molar-refractivity contribution in [2.45, 2.75) is 39.7 Å². The molecule has 126 valence electrons. The average Bonchev–Trinajstić information content (AvgIpc) is 2.44. The number of hydrogen-bond acceptors (Lipinski definition) is 5. The number of pyridine rings is 1. The average molecular weight is 320 g/mol. The number of ether oxygens (including phenoxy) is 2. The van der Waals surface area contributed by atoms with Gasteiger partial charge in [-0.05, 0) is 51.3 Å². The number of alkyl carbamates (subject to hydrolysis) is 1. The van der Waals surface area contributed by atoms with Gasteiger partial charge in [-0.1, -0.05) is 12.2 Å². The molecule has 1 aromatic rings. The standard InChI is InChI=1S/C17H24N2O4/c1-12-10-13(11-19-14(12)15(20)22-5)8-6-7-9-18-16(21)23-17(2,3)4/h6,8,10-11H,7,9H2,1-5H3,(H,18,21). The largest absolute Gasteiger partial charge is 0.464 e. The first-order valence-corrected chi connectivity index (χ1v) is 7.41. The molecular formula is C17H24N2O4. The maximum Gasteiger partial charge on any atom is 0.407 e. The van der Waals surface area contributed by atoms with E-state index in [4.69, 9.17) is 4.74 Å². The number of carbonyl (C=O) groups is 2. The van der Waals surface area contributed by atoms with Crippen molar-refractivity contribution in [3.8, 4) is 0 Å². The lowest BCUT2D eigenvalue weighted by Crippen LogP contribution is -2.32. The highest BCUT2D eigenvalue weighted by molar-refractivity contribution is 5.88. The number of esters is 1. The zero-order valence-electron chi connectivity index (χ0n) is 14.3. The Balaban J connectivity index is 2.45. The summed E-state index contributed by atoms with van der Waals surface area (Å²) in [6, 6.07) is 1.86. The van der Waals surface area contributed by atoms with Crippen molar-refractivity contribution in [2.24, 2.45) is 0 Å². The van der Waals surface area contributed by atoms with Gasteiger partial charge in [-0.25, -0.2) is 14.6 Å². The van der Waals surface area contributed by atoms with Gasteiger partial charge in [0.05, 0.1) is 7.11 Å². The molecule has 0 saturated carbocycles. The number of hydrogen-bond donors (Lipinski definition) is 1. The van der Waals surface area contributed by atoms with Crippen molar-refractivity contribution in [1.29, 1.82) is 0 Å². The Hall–Kier alpha value is -2.37. The molecular weight excluding hydrogens is 296 g/mol. The number of aromatic nitrogens is 1. The third-order valence-corrected chi connectivity index (χ3v) is 2.77. The van der Waals surface area contributed by atoms with E-state index in [0.717, 1.165) is 11.1 Å². The molecule has 0 atom stereocenters. The van der Waals surface area contributed by atoms with Gasteiger partial charge in [0, 0.05) is 12.7 Å². The minimum Gasteiger partial charge on any atom is -0.464 e. The molecule has 23 heavy (non-hydrogen) atoms. The molecule has 6 nitrogen and oxygen atoms in total. The first-order chi connectivity index (χ1) is 10.7. The first-order valence-electron chi connectivity index (χ1n) is 7.41. The zero-order chi connectivity index (χ0) is 17.5. The maximum absolute atomic E-state index is 11.5. The van der Waals surface area contributed by atoms with Gasteiger partial charge in [-0.15, -0.1) is 0 Å². The number of carbonyl (C=O) groups excluding carboxylic acids is 2. The number of rotatable bonds is 5. The summed E-state index contributed by atoms with van der Waals surface area (Å²) in [5.41, 5.74) is 1.46. The van der Waals surface area contributed by atoms with Gasteiger partial charge in [0.15, 0.2) is 5.69 Å². The molecule has 1 heterocycles. The van der Waals surface area contributed by atoms with E-state index in [1.807, 2.05) is 39.0 Å². The van der Waals surface area contributed by atoms with Crippen molar-refractivity contribution >= 4 is 18.1 Å². The fourth-order valence-electron chi connectivity index (χ4n) is 1.79. The lowest BCUT2D eigenvalue weighted by Gasteiger charge is -2.19. The third kappa shape index (κ3) is 6.95. The van der Waals surface area contributed by atoms with Crippen LogP contribution in [0.3, 0.4) is 0 Å². The van der Waals surface area contributed by atoms with E-state index in [9.17, 15) is 9.59 Å². The minimum absolute atomic E-state index is 0.316. The summed E-state index contributed by atoms with van der Waals surface area (Å²) in [6.07, 6.45) is 5.66. The van der Waals surface area contributed by atoms with E-state index in [2.05, 4.69) is 15.0 Å². The minimum atomic E-state index is -0.496. The highest BCUT2D eigenvalue weighted by atomic mass is 16.6. The molecule has 0 aliphatic rings. The first kappa shape index (κ1) is 18.7. The number of methoxy groups -OCH3 is 1. The van der Waals surface area contributed by atoms with Gasteiger partial charge in [0.2, 0.25) is 0 Å². The lowest BCUT2D eigenvalue weighted by molar-refractivity contribution is 0.0527. The van der Waals surface area contributed by atoms with Crippen molar-refractivity contribution < 1.29 is 19.1 Å². The number of aryl methyl sites for hydroxylation is 1. The van der Waals surface area contributed by atoms with Gasteiger partial charge in [0.25, 0.3) is 0 Å². The number of nitrogens with one attached hydrogen (secondary N) is 1. The summed E-state index contributed by atoms with van der Waals surface area (Å²) in [5.74, 6) is -0.445. The predicted molar refractivity (Wildman–Crippen MR) is 88.2 cm³/mol. The van der Waals surface area contributed by atoms with Gasteiger partial charge in [-0.2, -0.15) is 0 Å². The molecule has 0 radical (unpaired) electrons. The van der Waals surface area contributed by atoms with Crippen LogP contribution in [0, 0.1) is 6.92 Å². The normalized spacial score (nSPS) is 11.3. The SMILES string of the molecule is COC(=O)c1ncc(C=CCCNC(=O)OC(C)(C)C)cc1C. The van der Waals surface area contributed by atoms with Gasteiger partial charge in [0.1, 0.15) is 5.60 Å². The molecule has 0 fully saturated rings. The second-order valence-corrected chi connectivity index (χ2v) is 6.05. The zero-order valence-corrected chi connectivity index (χ0v) is 14.3. The second-order valence-electron chi connectivity index (χ2n) is 6.05. The third-order valence-electron chi connectivity index (χ3n) is 2.77. The monoisotopic (exact) mass is 320 g/mol. The van der Waals surface area contributed by atoms with E-state index in [0.29, 0.717) is 18.7 Å². The van der Waals surface area contributed by atoms with Crippen molar-refractivity contribution in [3.05, 3.63) is 35.2 Å². The van der Waals surface area contributed by atoms with Crippen LogP contribution in [0.4, 0.5) is 4.79 Å². The predicted octanol–water partition coefficient (Wildman–Crippen LogP) is 3.10. The fraction of sp³-hybridized carbons (Fsp3) is 0.471. The molecule has 0 unspecified atom stereocenters. The molecule has 1 aromatic heterocycles. The Morgan fingerprint density at radius 1 is 1.35 bits per heavy atom. The Labute approximate surface area is 136 Å². The number of amides is 1. The van der Waals surface area contributed by atoms with Gasteiger partial charge >= 0.3 is 12.1 Å². The summed E-state index contributed by atoms with van der Waals surface area (Å²) >= 11 is 0. The van der Waals surface area contributed by atoms with Crippen LogP contribution in [-0.4, -0.2) is 36.3 Å². The van der Waals surface area contributed by atoms with Gasteiger partial charge < -0.3 is 14.8 Å². The molecule has 1 amide bonds. The topological polar surface area (TPSA) is 77.5 Å². The highest BCUT2D eigenvalue weighted by Crippen LogP contribution is 2.10. The summed E-state index contributed by atoms with van der Waals surface area (Å²) in [6.45, 7) is 7.75. The van der Waals surface area contributed by atoms with E-state index in [1.54, 1.807) is 13.1 Å². The van der Waals surface area contributed by atoms with Crippen molar-refractivity contribution in [1.82, 2.24) is 10.3 Å². The van der Waals surface area contributed by atoms with Crippen LogP contribution in [0.25, 0.3) is 6.08 Å². The molecule has 0 aliphatic carbocycles. The Kier molecular flexibility index (Phi) is 6.75. The van der Waals surface area contributed by atoms with E-state index < -0.39 is 17.7 Å². The van der Waals surface area contributed by atoms with Crippen molar-refractivity contribution in [3.63, 3.8) is 0 Å². The van der Waals surface area contributed by atoms with Gasteiger partial charge in [-0.3, -0.25) is 0 Å². The molecule has 0 aromatic carbocycles. The van der Waals surface area contributed by atoms with Crippen LogP contribution in [-0.2, 0) is 9.47 Å². The Bertz CT molecular complexity index is 589. The van der Waals surface area contributed by atoms with E-state index in [-0.39, 0.29) is 0 Å². The van der Waals surface area contributed by atoms with Crippen LogP contribution >= 0.6 is 0 Å². The smallest absolute Gasteiger partial charge is 0.407 e. The maximum atomic E-state index is 11.5. The van der Waals surface area contributed by atoms with Crippen LogP contribution in [0.5, 0.6) is 0 Å². The molecule has 1 N–H and O–H groups in total. The quantitative estimate of drug-likeness (QED) is 0.666. The van der Waals surface area contributed by atoms with E-state index >= 15 is 0 Å².